The van der Waals surface area contributed by atoms with Crippen molar-refractivity contribution in [1.82, 2.24) is 9.47 Å². The summed E-state index contributed by atoms with van der Waals surface area (Å²) in [6.07, 6.45) is 7.62. The molecule has 5 heteroatoms. The van der Waals surface area contributed by atoms with Gasteiger partial charge in [0.25, 0.3) is 5.56 Å². The minimum absolute atomic E-state index is 0.00134. The molecule has 3 atom stereocenters. The number of likely N-dealkylation sites (N-methyl/N-ethyl adjacent to an activating group) is 1. The van der Waals surface area contributed by atoms with Crippen LogP contribution in [0, 0.1) is 17.8 Å². The summed E-state index contributed by atoms with van der Waals surface area (Å²) in [5, 5.41) is 4.56. The molecule has 0 aliphatic heterocycles. The largest absolute Gasteiger partial charge is 0.326 e. The third-order valence-corrected chi connectivity index (χ3v) is 6.41. The summed E-state index contributed by atoms with van der Waals surface area (Å²) in [5.41, 5.74) is 0.746. The quantitative estimate of drug-likeness (QED) is 0.852. The summed E-state index contributed by atoms with van der Waals surface area (Å²) in [5.74, 6) is 2.22. The molecule has 1 N–H and O–H groups in total. The zero-order valence-electron chi connectivity index (χ0n) is 16.3. The Bertz CT molecular complexity index is 902. The molecule has 2 aliphatic carbocycles. The van der Waals surface area contributed by atoms with Gasteiger partial charge in [-0.25, -0.2) is 0 Å². The van der Waals surface area contributed by atoms with Gasteiger partial charge in [-0.2, -0.15) is 0 Å². The predicted molar refractivity (Wildman–Crippen MR) is 109 cm³/mol. The smallest absolute Gasteiger partial charge is 0.258 e. The molecule has 2 aromatic rings. The molecule has 1 aromatic carbocycles. The van der Waals surface area contributed by atoms with Crippen LogP contribution in [-0.2, 0) is 11.3 Å². The van der Waals surface area contributed by atoms with Gasteiger partial charge in [-0.05, 0) is 69.3 Å². The number of nitrogens with zero attached hydrogens (tertiary/aromatic N) is 2. The first-order chi connectivity index (χ1) is 13.0. The number of hydrogen-bond acceptors (Lipinski definition) is 3. The van der Waals surface area contributed by atoms with Crippen LogP contribution in [0.4, 0.5) is 5.69 Å². The molecule has 1 aromatic heterocycles. The molecular formula is C22H29N3O2. The lowest BCUT2D eigenvalue weighted by Gasteiger charge is -2.21. The predicted octanol–water partition coefficient (Wildman–Crippen LogP) is 3.33. The molecule has 144 valence electrons. The number of carbonyl (C=O) groups excluding carboxylic acids is 1. The Labute approximate surface area is 160 Å². The van der Waals surface area contributed by atoms with Crippen LogP contribution < -0.4 is 10.9 Å². The first-order valence-electron chi connectivity index (χ1n) is 10.1. The summed E-state index contributed by atoms with van der Waals surface area (Å²) >= 11 is 0. The number of carbonyl (C=O) groups is 1. The van der Waals surface area contributed by atoms with E-state index >= 15 is 0 Å². The Balaban J connectivity index is 1.51. The number of rotatable bonds is 6. The molecule has 0 spiro atoms. The van der Waals surface area contributed by atoms with Crippen molar-refractivity contribution in [2.75, 3.05) is 26.0 Å². The molecule has 0 saturated heterocycles. The summed E-state index contributed by atoms with van der Waals surface area (Å²) in [7, 11) is 3.99. The van der Waals surface area contributed by atoms with Crippen LogP contribution in [0.3, 0.4) is 0 Å². The van der Waals surface area contributed by atoms with E-state index in [0.29, 0.717) is 24.3 Å². The lowest BCUT2D eigenvalue weighted by atomic mass is 9.86. The fourth-order valence-electron chi connectivity index (χ4n) is 4.98. The number of fused-ring (bicyclic) bond motifs is 3. The van der Waals surface area contributed by atoms with Gasteiger partial charge >= 0.3 is 0 Å². The van der Waals surface area contributed by atoms with Gasteiger partial charge in [-0.3, -0.25) is 9.59 Å². The van der Waals surface area contributed by atoms with Gasteiger partial charge in [0.2, 0.25) is 5.91 Å². The molecular weight excluding hydrogens is 338 g/mol. The number of nitrogens with one attached hydrogen (secondary N) is 1. The van der Waals surface area contributed by atoms with Gasteiger partial charge in [-0.15, -0.1) is 0 Å². The van der Waals surface area contributed by atoms with Crippen molar-refractivity contribution >= 4 is 22.4 Å². The van der Waals surface area contributed by atoms with Gasteiger partial charge in [0.15, 0.2) is 0 Å². The highest BCUT2D eigenvalue weighted by Crippen LogP contribution is 2.49. The Hall–Kier alpha value is -2.14. The number of benzene rings is 1. The first-order valence-corrected chi connectivity index (χ1v) is 10.1. The number of hydrogen-bond donors (Lipinski definition) is 1. The SMILES string of the molecule is CN(C)CCn1ccc2c(NC(=O)CC3CC4CC[C@@H]3C4)cccc2c1=O. The average Bonchev–Trinajstić information content (AvgIpc) is 3.24. The van der Waals surface area contributed by atoms with Gasteiger partial charge < -0.3 is 14.8 Å². The zero-order chi connectivity index (χ0) is 19.0. The van der Waals surface area contributed by atoms with Crippen LogP contribution in [0.15, 0.2) is 35.3 Å². The Morgan fingerprint density at radius 2 is 2.04 bits per heavy atom. The van der Waals surface area contributed by atoms with Crippen LogP contribution in [0.25, 0.3) is 10.8 Å². The van der Waals surface area contributed by atoms with E-state index in [1.165, 1.54) is 25.7 Å². The van der Waals surface area contributed by atoms with Crippen molar-refractivity contribution < 1.29 is 4.79 Å². The maximum Gasteiger partial charge on any atom is 0.258 e. The highest BCUT2D eigenvalue weighted by molar-refractivity contribution is 6.01. The van der Waals surface area contributed by atoms with E-state index in [1.807, 2.05) is 44.6 Å². The van der Waals surface area contributed by atoms with Crippen LogP contribution in [0.5, 0.6) is 0 Å². The molecule has 4 rings (SSSR count). The normalized spacial score (nSPS) is 24.0. The summed E-state index contributed by atoms with van der Waals surface area (Å²) in [6.45, 7) is 1.47. The van der Waals surface area contributed by atoms with Crippen molar-refractivity contribution in [3.8, 4) is 0 Å². The van der Waals surface area contributed by atoms with E-state index in [-0.39, 0.29) is 11.5 Å². The lowest BCUT2D eigenvalue weighted by Crippen LogP contribution is -2.26. The Morgan fingerprint density at radius 1 is 1.19 bits per heavy atom. The van der Waals surface area contributed by atoms with Gasteiger partial charge in [0.05, 0.1) is 0 Å². The molecule has 5 nitrogen and oxygen atoms in total. The van der Waals surface area contributed by atoms with E-state index in [2.05, 4.69) is 10.2 Å². The number of pyridine rings is 1. The topological polar surface area (TPSA) is 54.3 Å². The number of amides is 1. The van der Waals surface area contributed by atoms with E-state index in [0.717, 1.165) is 29.5 Å². The number of anilines is 1. The highest BCUT2D eigenvalue weighted by Gasteiger charge is 2.40. The summed E-state index contributed by atoms with van der Waals surface area (Å²) in [6, 6.07) is 7.53. The van der Waals surface area contributed by atoms with E-state index in [1.54, 1.807) is 4.57 Å². The Morgan fingerprint density at radius 3 is 2.74 bits per heavy atom. The van der Waals surface area contributed by atoms with Crippen molar-refractivity contribution in [3.05, 3.63) is 40.8 Å². The minimum Gasteiger partial charge on any atom is -0.326 e. The van der Waals surface area contributed by atoms with Crippen LogP contribution >= 0.6 is 0 Å². The fraction of sp³-hybridized carbons (Fsp3) is 0.545. The van der Waals surface area contributed by atoms with Crippen molar-refractivity contribution in [2.24, 2.45) is 17.8 Å². The first kappa shape index (κ1) is 18.2. The third-order valence-electron chi connectivity index (χ3n) is 6.41. The maximum atomic E-state index is 12.8. The zero-order valence-corrected chi connectivity index (χ0v) is 16.3. The highest BCUT2D eigenvalue weighted by atomic mass is 16.1. The summed E-state index contributed by atoms with van der Waals surface area (Å²) < 4.78 is 1.74. The maximum absolute atomic E-state index is 12.8. The number of aromatic nitrogens is 1. The fourth-order valence-corrected chi connectivity index (χ4v) is 4.98. The third kappa shape index (κ3) is 3.79. The molecule has 2 bridgehead atoms. The van der Waals surface area contributed by atoms with Crippen molar-refractivity contribution in [3.63, 3.8) is 0 Å². The Kier molecular flexibility index (Phi) is 5.04. The average molecular weight is 367 g/mol. The molecule has 1 heterocycles. The van der Waals surface area contributed by atoms with E-state index < -0.39 is 0 Å². The van der Waals surface area contributed by atoms with Gasteiger partial charge in [0.1, 0.15) is 0 Å². The lowest BCUT2D eigenvalue weighted by molar-refractivity contribution is -0.117. The summed E-state index contributed by atoms with van der Waals surface area (Å²) in [4.78, 5) is 27.5. The molecule has 2 aliphatic rings. The molecule has 27 heavy (non-hydrogen) atoms. The van der Waals surface area contributed by atoms with Crippen LogP contribution in [0.2, 0.25) is 0 Å². The van der Waals surface area contributed by atoms with Crippen LogP contribution in [-0.4, -0.2) is 36.0 Å². The molecule has 2 unspecified atom stereocenters. The monoisotopic (exact) mass is 367 g/mol. The van der Waals surface area contributed by atoms with Crippen molar-refractivity contribution in [1.29, 1.82) is 0 Å². The molecule has 1 amide bonds. The van der Waals surface area contributed by atoms with Crippen LogP contribution in [0.1, 0.15) is 32.1 Å². The standard InChI is InChI=1S/C22H29N3O2/c1-24(2)10-11-25-9-8-18-19(22(25)27)4-3-5-20(18)23-21(26)14-17-13-15-6-7-16(17)12-15/h3-5,8-9,15-17H,6-7,10-14H2,1-2H3,(H,23,26)/t15?,16-,17?/m1/s1. The molecule has 2 saturated carbocycles. The second kappa shape index (κ2) is 7.47. The van der Waals surface area contributed by atoms with Gasteiger partial charge in [0, 0.05) is 42.2 Å². The van der Waals surface area contributed by atoms with Crippen molar-refractivity contribution in [2.45, 2.75) is 38.6 Å². The van der Waals surface area contributed by atoms with E-state index in [4.69, 9.17) is 0 Å². The van der Waals surface area contributed by atoms with E-state index in [9.17, 15) is 9.59 Å². The second-order valence-electron chi connectivity index (χ2n) is 8.57. The molecule has 0 radical (unpaired) electrons. The second-order valence-corrected chi connectivity index (χ2v) is 8.57. The minimum atomic E-state index is -0.00134. The molecule has 2 fully saturated rings. The van der Waals surface area contributed by atoms with Gasteiger partial charge in [-0.1, -0.05) is 12.5 Å².